The largest absolute Gasteiger partial charge is 0.361 e. The van der Waals surface area contributed by atoms with E-state index in [1.165, 1.54) is 22.0 Å². The van der Waals surface area contributed by atoms with Crippen molar-refractivity contribution in [2.45, 2.75) is 6.54 Å². The Bertz CT molecular complexity index is 635. The Kier molecular flexibility index (Phi) is 2.42. The van der Waals surface area contributed by atoms with Gasteiger partial charge in [0.05, 0.1) is 0 Å². The lowest BCUT2D eigenvalue weighted by atomic mass is 10.0. The zero-order valence-corrected chi connectivity index (χ0v) is 9.48. The Labute approximate surface area is 100 Å². The molecule has 0 saturated heterocycles. The summed E-state index contributed by atoms with van der Waals surface area (Å²) in [4.78, 5) is 3.20. The Hall–Kier alpha value is -2.06. The molecule has 0 aliphatic carbocycles. The first-order chi connectivity index (χ1) is 8.36. The fourth-order valence-electron chi connectivity index (χ4n) is 2.07. The molecule has 3 N–H and O–H groups in total. The topological polar surface area (TPSA) is 41.8 Å². The highest BCUT2D eigenvalue weighted by molar-refractivity contribution is 5.84. The van der Waals surface area contributed by atoms with Gasteiger partial charge in [-0.2, -0.15) is 0 Å². The van der Waals surface area contributed by atoms with Crippen molar-refractivity contribution in [1.82, 2.24) is 4.98 Å². The van der Waals surface area contributed by atoms with Crippen molar-refractivity contribution in [3.63, 3.8) is 0 Å². The third-order valence-corrected chi connectivity index (χ3v) is 3.08. The summed E-state index contributed by atoms with van der Waals surface area (Å²) in [6, 6.07) is 16.9. The van der Waals surface area contributed by atoms with Gasteiger partial charge < -0.3 is 10.7 Å². The van der Waals surface area contributed by atoms with E-state index < -0.39 is 0 Å². The summed E-state index contributed by atoms with van der Waals surface area (Å²) < 4.78 is 0. The summed E-state index contributed by atoms with van der Waals surface area (Å²) in [5, 5.41) is 1.24. The lowest BCUT2D eigenvalue weighted by molar-refractivity contribution is 1.07. The fourth-order valence-corrected chi connectivity index (χ4v) is 2.07. The van der Waals surface area contributed by atoms with Crippen LogP contribution in [0, 0.1) is 0 Å². The fraction of sp³-hybridized carbons (Fsp3) is 0.0667. The molecule has 3 aromatic rings. The second kappa shape index (κ2) is 4.07. The first kappa shape index (κ1) is 10.1. The lowest BCUT2D eigenvalue weighted by Gasteiger charge is -2.03. The predicted octanol–water partition coefficient (Wildman–Crippen LogP) is 3.29. The van der Waals surface area contributed by atoms with Crippen LogP contribution in [-0.2, 0) is 6.54 Å². The van der Waals surface area contributed by atoms with Gasteiger partial charge in [0.25, 0.3) is 0 Å². The summed E-state index contributed by atoms with van der Waals surface area (Å²) in [7, 11) is 0. The van der Waals surface area contributed by atoms with Crippen molar-refractivity contribution in [2.75, 3.05) is 0 Å². The summed E-state index contributed by atoms with van der Waals surface area (Å²) in [5.74, 6) is 0. The zero-order chi connectivity index (χ0) is 11.7. The van der Waals surface area contributed by atoms with Gasteiger partial charge >= 0.3 is 0 Å². The van der Waals surface area contributed by atoms with Crippen molar-refractivity contribution in [1.29, 1.82) is 0 Å². The van der Waals surface area contributed by atoms with Gasteiger partial charge in [0, 0.05) is 18.3 Å². The Morgan fingerprint density at radius 2 is 1.65 bits per heavy atom. The molecule has 0 amide bonds. The van der Waals surface area contributed by atoms with E-state index in [2.05, 4.69) is 53.5 Å². The molecular weight excluding hydrogens is 208 g/mol. The van der Waals surface area contributed by atoms with Crippen LogP contribution in [0.4, 0.5) is 0 Å². The standard InChI is InChI=1S/C15H14N2/c16-10-11-1-3-12(4-2-11)13-5-6-15-14(9-13)7-8-17-15/h1-9,17H,10,16H2. The number of hydrogen-bond acceptors (Lipinski definition) is 1. The van der Waals surface area contributed by atoms with E-state index in [4.69, 9.17) is 5.73 Å². The van der Waals surface area contributed by atoms with E-state index in [1.54, 1.807) is 0 Å². The van der Waals surface area contributed by atoms with Crippen molar-refractivity contribution < 1.29 is 0 Å². The molecule has 0 fully saturated rings. The van der Waals surface area contributed by atoms with Crippen LogP contribution in [0.2, 0.25) is 0 Å². The van der Waals surface area contributed by atoms with Crippen molar-refractivity contribution in [2.24, 2.45) is 5.73 Å². The number of hydrogen-bond donors (Lipinski definition) is 2. The second-order valence-corrected chi connectivity index (χ2v) is 4.18. The van der Waals surface area contributed by atoms with Gasteiger partial charge in [0.15, 0.2) is 0 Å². The highest BCUT2D eigenvalue weighted by Crippen LogP contribution is 2.24. The summed E-state index contributed by atoms with van der Waals surface area (Å²) >= 11 is 0. The molecule has 2 heteroatoms. The average Bonchev–Trinajstić information content (AvgIpc) is 2.86. The zero-order valence-electron chi connectivity index (χ0n) is 9.48. The van der Waals surface area contributed by atoms with Crippen LogP contribution in [0.1, 0.15) is 5.56 Å². The molecule has 1 aromatic heterocycles. The van der Waals surface area contributed by atoms with Gasteiger partial charge in [-0.3, -0.25) is 0 Å². The number of rotatable bonds is 2. The molecule has 3 rings (SSSR count). The van der Waals surface area contributed by atoms with E-state index in [0.29, 0.717) is 6.54 Å². The van der Waals surface area contributed by atoms with E-state index in [-0.39, 0.29) is 0 Å². The Morgan fingerprint density at radius 1 is 0.882 bits per heavy atom. The molecule has 84 valence electrons. The van der Waals surface area contributed by atoms with Crippen LogP contribution in [0.3, 0.4) is 0 Å². The van der Waals surface area contributed by atoms with Crippen LogP contribution < -0.4 is 5.73 Å². The maximum atomic E-state index is 5.59. The number of fused-ring (bicyclic) bond motifs is 1. The van der Waals surface area contributed by atoms with Gasteiger partial charge in [-0.15, -0.1) is 0 Å². The number of aromatic amines is 1. The predicted molar refractivity (Wildman–Crippen MR) is 71.6 cm³/mol. The molecule has 2 nitrogen and oxygen atoms in total. The van der Waals surface area contributed by atoms with Gasteiger partial charge in [-0.1, -0.05) is 30.3 Å². The molecule has 0 atom stereocenters. The molecule has 0 aliphatic heterocycles. The van der Waals surface area contributed by atoms with Crippen molar-refractivity contribution in [3.8, 4) is 11.1 Å². The highest BCUT2D eigenvalue weighted by Gasteiger charge is 2.00. The van der Waals surface area contributed by atoms with Crippen molar-refractivity contribution in [3.05, 3.63) is 60.3 Å². The van der Waals surface area contributed by atoms with Gasteiger partial charge in [-0.05, 0) is 40.3 Å². The minimum atomic E-state index is 0.594. The summed E-state index contributed by atoms with van der Waals surface area (Å²) in [5.41, 5.74) is 10.4. The third-order valence-electron chi connectivity index (χ3n) is 3.08. The maximum absolute atomic E-state index is 5.59. The van der Waals surface area contributed by atoms with Gasteiger partial charge in [0.1, 0.15) is 0 Å². The lowest BCUT2D eigenvalue weighted by Crippen LogP contribution is -1.95. The Morgan fingerprint density at radius 3 is 2.41 bits per heavy atom. The molecule has 0 saturated carbocycles. The molecule has 0 unspecified atom stereocenters. The van der Waals surface area contributed by atoms with E-state index >= 15 is 0 Å². The maximum Gasteiger partial charge on any atom is 0.0454 e. The number of aromatic nitrogens is 1. The summed E-state index contributed by atoms with van der Waals surface area (Å²) in [6.45, 7) is 0.594. The molecule has 0 aliphatic rings. The highest BCUT2D eigenvalue weighted by atomic mass is 14.7. The van der Waals surface area contributed by atoms with E-state index in [9.17, 15) is 0 Å². The number of H-pyrrole nitrogens is 1. The average molecular weight is 222 g/mol. The number of benzene rings is 2. The van der Waals surface area contributed by atoms with E-state index in [1.807, 2.05) is 6.20 Å². The smallest absolute Gasteiger partial charge is 0.0454 e. The molecule has 17 heavy (non-hydrogen) atoms. The minimum Gasteiger partial charge on any atom is -0.361 e. The Balaban J connectivity index is 2.06. The van der Waals surface area contributed by atoms with Crippen LogP contribution in [0.25, 0.3) is 22.0 Å². The molecule has 2 aromatic carbocycles. The quantitative estimate of drug-likeness (QED) is 0.686. The van der Waals surface area contributed by atoms with Crippen LogP contribution in [-0.4, -0.2) is 4.98 Å². The van der Waals surface area contributed by atoms with Crippen LogP contribution >= 0.6 is 0 Å². The van der Waals surface area contributed by atoms with Gasteiger partial charge in [-0.25, -0.2) is 0 Å². The SMILES string of the molecule is NCc1ccc(-c2ccc3[nH]ccc3c2)cc1. The molecule has 0 radical (unpaired) electrons. The number of nitrogens with two attached hydrogens (primary N) is 1. The van der Waals surface area contributed by atoms with Gasteiger partial charge in [0.2, 0.25) is 0 Å². The van der Waals surface area contributed by atoms with Crippen molar-refractivity contribution >= 4 is 10.9 Å². The molecule has 1 heterocycles. The third kappa shape index (κ3) is 1.83. The second-order valence-electron chi connectivity index (χ2n) is 4.18. The molecular formula is C15H14N2. The normalized spacial score (nSPS) is 10.9. The molecule has 0 bridgehead atoms. The monoisotopic (exact) mass is 222 g/mol. The van der Waals surface area contributed by atoms with Crippen LogP contribution in [0.5, 0.6) is 0 Å². The van der Waals surface area contributed by atoms with Crippen LogP contribution in [0.15, 0.2) is 54.7 Å². The first-order valence-electron chi connectivity index (χ1n) is 5.73. The minimum absolute atomic E-state index is 0.594. The molecule has 0 spiro atoms. The first-order valence-corrected chi connectivity index (χ1v) is 5.73. The summed E-state index contributed by atoms with van der Waals surface area (Å²) in [6.07, 6.45) is 1.96. The van der Waals surface area contributed by atoms with E-state index in [0.717, 1.165) is 5.56 Å². The number of nitrogens with one attached hydrogen (secondary N) is 1.